The van der Waals surface area contributed by atoms with E-state index in [1.807, 2.05) is 68.0 Å². The zero-order valence-electron chi connectivity index (χ0n) is 29.0. The molecule has 10 heteroatoms. The second-order valence-corrected chi connectivity index (χ2v) is 21.7. The fourth-order valence-electron chi connectivity index (χ4n) is 5.38. The van der Waals surface area contributed by atoms with Gasteiger partial charge in [-0.15, -0.1) is 4.72 Å². The summed E-state index contributed by atoms with van der Waals surface area (Å²) in [4.78, 5) is 10.1. The molecule has 8 nitrogen and oxygen atoms in total. The predicted molar refractivity (Wildman–Crippen MR) is 191 cm³/mol. The number of aromatic nitrogens is 4. The van der Waals surface area contributed by atoms with Crippen LogP contribution in [0.5, 0.6) is 0 Å². The monoisotopic (exact) mass is 661 g/mol. The van der Waals surface area contributed by atoms with Gasteiger partial charge in [-0.3, -0.25) is 4.98 Å². The first-order valence-corrected chi connectivity index (χ1v) is 20.6. The lowest BCUT2D eigenvalue weighted by Crippen LogP contribution is -2.41. The topological polar surface area (TPSA) is 97.1 Å². The Labute approximate surface area is 279 Å². The molecule has 4 aromatic rings. The molecule has 5 rings (SSSR count). The molecule has 0 saturated carbocycles. The van der Waals surface area contributed by atoms with Gasteiger partial charge < -0.3 is 13.7 Å². The van der Waals surface area contributed by atoms with Crippen LogP contribution in [0.4, 0.5) is 0 Å². The van der Waals surface area contributed by atoms with Crippen LogP contribution in [0.1, 0.15) is 103 Å². The quantitative estimate of drug-likeness (QED) is 0.127. The van der Waals surface area contributed by atoms with Gasteiger partial charge in [0.2, 0.25) is 0 Å². The summed E-state index contributed by atoms with van der Waals surface area (Å²) < 4.78 is 30.7. The summed E-state index contributed by atoms with van der Waals surface area (Å²) in [6, 6.07) is 16.4. The van der Waals surface area contributed by atoms with Crippen LogP contribution in [0.3, 0.4) is 0 Å². The molecule has 0 amide bonds. The van der Waals surface area contributed by atoms with Gasteiger partial charge in [-0.25, -0.2) is 9.67 Å². The fraction of sp³-hybridized carbons (Fsp3) is 0.528. The van der Waals surface area contributed by atoms with E-state index >= 15 is 0 Å². The van der Waals surface area contributed by atoms with Crippen molar-refractivity contribution in [1.29, 1.82) is 0 Å². The Bertz CT molecular complexity index is 1640. The first kappa shape index (κ1) is 34.7. The second kappa shape index (κ2) is 13.9. The Balaban J connectivity index is 1.54. The van der Waals surface area contributed by atoms with E-state index in [0.717, 1.165) is 77.2 Å². The maximum atomic E-state index is 13.1. The van der Waals surface area contributed by atoms with Crippen molar-refractivity contribution >= 4 is 30.6 Å². The minimum Gasteiger partial charge on any atom is -0.598 e. The average Bonchev–Trinajstić information content (AvgIpc) is 3.69. The van der Waals surface area contributed by atoms with Crippen LogP contribution < -0.4 is 4.72 Å². The summed E-state index contributed by atoms with van der Waals surface area (Å²) in [6.45, 7) is 20.6. The Kier molecular flexibility index (Phi) is 10.5. The standard InChI is InChI=1S/C36H51N5O3SSi/c1-10-14-31(40-45(42)35(2,3)4)30-17-12-16-29(39-30)25-21-27(33-18-13-20-43-33)28-23-37-41(32(28)22-25)34-19-11-15-26(38-34)24-44-46(8,9)36(5,6)7/h11-12,15-17,19,21-23,31,33,40H,10,13-14,18,20,24H2,1-9H3/t31-,33?,45?/m0/s1. The average molecular weight is 662 g/mol. The molecule has 0 radical (unpaired) electrons. The maximum Gasteiger partial charge on any atom is 0.192 e. The number of benzene rings is 1. The lowest BCUT2D eigenvalue weighted by molar-refractivity contribution is 0.113. The van der Waals surface area contributed by atoms with Gasteiger partial charge in [-0.2, -0.15) is 5.10 Å². The minimum atomic E-state index is -1.92. The Hall–Kier alpha value is -2.60. The number of fused-ring (bicyclic) bond motifs is 1. The summed E-state index contributed by atoms with van der Waals surface area (Å²) in [5.41, 5.74) is 5.71. The van der Waals surface area contributed by atoms with Crippen LogP contribution in [0, 0.1) is 0 Å². The van der Waals surface area contributed by atoms with Crippen LogP contribution in [0.2, 0.25) is 18.1 Å². The molecule has 3 aromatic heterocycles. The molecule has 0 aliphatic carbocycles. The number of ether oxygens (including phenoxy) is 1. The van der Waals surface area contributed by atoms with E-state index in [0.29, 0.717) is 6.61 Å². The summed E-state index contributed by atoms with van der Waals surface area (Å²) in [7, 11) is -1.92. The van der Waals surface area contributed by atoms with Gasteiger partial charge >= 0.3 is 0 Å². The van der Waals surface area contributed by atoms with Crippen LogP contribution >= 0.6 is 0 Å². The van der Waals surface area contributed by atoms with Crippen molar-refractivity contribution in [2.75, 3.05) is 6.61 Å². The summed E-state index contributed by atoms with van der Waals surface area (Å²) in [5.74, 6) is 0.750. The van der Waals surface area contributed by atoms with E-state index in [4.69, 9.17) is 24.2 Å². The molecule has 4 heterocycles. The van der Waals surface area contributed by atoms with Crippen LogP contribution in [0.15, 0.2) is 54.7 Å². The third kappa shape index (κ3) is 7.74. The molecule has 3 atom stereocenters. The number of pyridine rings is 2. The molecule has 0 bridgehead atoms. The van der Waals surface area contributed by atoms with E-state index < -0.39 is 19.7 Å². The van der Waals surface area contributed by atoms with Gasteiger partial charge in [0.05, 0.1) is 47.5 Å². The molecular formula is C36H51N5O3SSi. The SMILES string of the molecule is CCC[C@H](N[S+]([O-])C(C)(C)C)c1cccc(-c2cc(C3CCCO3)c3cnn(-c4cccc(CO[Si](C)(C)C(C)(C)C)n4)c3c2)n1. The molecule has 2 unspecified atom stereocenters. The van der Waals surface area contributed by atoms with Crippen molar-refractivity contribution in [3.05, 3.63) is 71.7 Å². The van der Waals surface area contributed by atoms with E-state index in [2.05, 4.69) is 57.6 Å². The van der Waals surface area contributed by atoms with Crippen molar-refractivity contribution in [1.82, 2.24) is 24.5 Å². The van der Waals surface area contributed by atoms with Crippen molar-refractivity contribution in [3.8, 4) is 17.1 Å². The van der Waals surface area contributed by atoms with Gasteiger partial charge in [0.15, 0.2) is 14.1 Å². The van der Waals surface area contributed by atoms with E-state index in [1.165, 1.54) is 0 Å². The van der Waals surface area contributed by atoms with Crippen molar-refractivity contribution in [3.63, 3.8) is 0 Å². The molecule has 46 heavy (non-hydrogen) atoms. The molecule has 248 valence electrons. The van der Waals surface area contributed by atoms with Crippen LogP contribution in [-0.2, 0) is 27.1 Å². The van der Waals surface area contributed by atoms with E-state index in [-0.39, 0.29) is 21.9 Å². The zero-order chi connectivity index (χ0) is 33.3. The first-order valence-electron chi connectivity index (χ1n) is 16.6. The van der Waals surface area contributed by atoms with Crippen molar-refractivity contribution in [2.45, 2.75) is 116 Å². The lowest BCUT2D eigenvalue weighted by Gasteiger charge is -2.36. The van der Waals surface area contributed by atoms with Gasteiger partial charge in [0.1, 0.15) is 4.75 Å². The minimum absolute atomic E-state index is 0.00396. The highest BCUT2D eigenvalue weighted by atomic mass is 32.2. The third-order valence-electron chi connectivity index (χ3n) is 9.20. The highest BCUT2D eigenvalue weighted by Gasteiger charge is 2.37. The molecule has 1 N–H and O–H groups in total. The highest BCUT2D eigenvalue weighted by Crippen LogP contribution is 2.39. The van der Waals surface area contributed by atoms with Crippen molar-refractivity contribution < 1.29 is 13.7 Å². The summed E-state index contributed by atoms with van der Waals surface area (Å²) >= 11 is -1.21. The normalized spacial score (nSPS) is 17.5. The van der Waals surface area contributed by atoms with Gasteiger partial charge in [-0.05, 0) is 100 Å². The molecule has 0 spiro atoms. The zero-order valence-corrected chi connectivity index (χ0v) is 30.8. The largest absolute Gasteiger partial charge is 0.598 e. The predicted octanol–water partition coefficient (Wildman–Crippen LogP) is 8.75. The Morgan fingerprint density at radius 1 is 1.09 bits per heavy atom. The highest BCUT2D eigenvalue weighted by molar-refractivity contribution is 7.90. The second-order valence-electron chi connectivity index (χ2n) is 14.9. The molecular weight excluding hydrogens is 611 g/mol. The van der Waals surface area contributed by atoms with Crippen LogP contribution in [-0.4, -0.2) is 44.0 Å². The van der Waals surface area contributed by atoms with Gasteiger partial charge in [0, 0.05) is 28.9 Å². The van der Waals surface area contributed by atoms with E-state index in [1.54, 1.807) is 0 Å². The summed E-state index contributed by atoms with van der Waals surface area (Å²) in [6.07, 6.45) is 5.73. The fourth-order valence-corrected chi connectivity index (χ4v) is 7.17. The number of hydrogen-bond donors (Lipinski definition) is 1. The maximum absolute atomic E-state index is 13.1. The lowest BCUT2D eigenvalue weighted by atomic mass is 9.97. The number of rotatable bonds is 11. The number of nitrogens with one attached hydrogen (secondary N) is 1. The summed E-state index contributed by atoms with van der Waals surface area (Å²) in [5, 5.41) is 6.03. The Morgan fingerprint density at radius 2 is 1.85 bits per heavy atom. The Morgan fingerprint density at radius 3 is 2.52 bits per heavy atom. The van der Waals surface area contributed by atoms with Crippen LogP contribution in [0.25, 0.3) is 28.0 Å². The molecule has 1 aliphatic heterocycles. The first-order chi connectivity index (χ1) is 21.7. The van der Waals surface area contributed by atoms with Gasteiger partial charge in [-0.1, -0.05) is 46.2 Å². The smallest absolute Gasteiger partial charge is 0.192 e. The number of hydrogen-bond acceptors (Lipinski definition) is 7. The molecule has 1 aliphatic rings. The number of nitrogens with zero attached hydrogens (tertiary/aromatic N) is 4. The molecule has 1 aromatic carbocycles. The third-order valence-corrected chi connectivity index (χ3v) is 15.3. The van der Waals surface area contributed by atoms with Gasteiger partial charge in [0.25, 0.3) is 0 Å². The van der Waals surface area contributed by atoms with Crippen molar-refractivity contribution in [2.24, 2.45) is 0 Å². The molecule has 1 saturated heterocycles. The molecule has 1 fully saturated rings. The van der Waals surface area contributed by atoms with E-state index in [9.17, 15) is 4.55 Å².